The lowest BCUT2D eigenvalue weighted by atomic mass is 9.53. The zero-order valence-electron chi connectivity index (χ0n) is 20.5. The van der Waals surface area contributed by atoms with Gasteiger partial charge in [-0.1, -0.05) is 13.8 Å². The van der Waals surface area contributed by atoms with E-state index in [1.165, 1.54) is 43.5 Å². The number of nitrogens with zero attached hydrogens (tertiary/aromatic N) is 3. The number of amides is 2. The molecule has 8 heteroatoms. The van der Waals surface area contributed by atoms with E-state index in [1.807, 2.05) is 0 Å². The second kappa shape index (κ2) is 10.4. The van der Waals surface area contributed by atoms with Crippen LogP contribution in [-0.2, 0) is 4.79 Å². The van der Waals surface area contributed by atoms with Crippen molar-refractivity contribution in [2.75, 3.05) is 32.7 Å². The Hall–Kier alpha value is -2.48. The highest BCUT2D eigenvalue weighted by molar-refractivity contribution is 5.96. The summed E-state index contributed by atoms with van der Waals surface area (Å²) in [5, 5.41) is 14.4. The molecule has 0 radical (unpaired) electrons. The predicted molar refractivity (Wildman–Crippen MR) is 130 cm³/mol. The molecule has 0 aliphatic heterocycles. The topological polar surface area (TPSA) is 95.8 Å². The first-order chi connectivity index (χ1) is 16.3. The molecular weight excluding hydrogens is 432 g/mol. The summed E-state index contributed by atoms with van der Waals surface area (Å²) in [6.45, 7) is 7.47. The first-order valence-corrected chi connectivity index (χ1v) is 12.9. The Morgan fingerprint density at radius 3 is 2.06 bits per heavy atom. The van der Waals surface area contributed by atoms with Gasteiger partial charge in [-0.3, -0.25) is 19.7 Å². The van der Waals surface area contributed by atoms with Crippen molar-refractivity contribution in [2.24, 2.45) is 17.8 Å². The van der Waals surface area contributed by atoms with Crippen molar-refractivity contribution in [1.82, 2.24) is 15.1 Å². The number of rotatable bonds is 11. The van der Waals surface area contributed by atoms with Crippen LogP contribution >= 0.6 is 0 Å². The molecule has 0 aromatic heterocycles. The Bertz CT molecular complexity index is 861. The largest absolute Gasteiger partial charge is 0.349 e. The van der Waals surface area contributed by atoms with E-state index in [1.54, 1.807) is 4.90 Å². The minimum absolute atomic E-state index is 0.0236. The highest BCUT2D eigenvalue weighted by Gasteiger charge is 2.51. The van der Waals surface area contributed by atoms with Crippen LogP contribution in [0.3, 0.4) is 0 Å². The third-order valence-electron chi connectivity index (χ3n) is 8.19. The van der Waals surface area contributed by atoms with Crippen LogP contribution in [0.15, 0.2) is 24.3 Å². The van der Waals surface area contributed by atoms with Gasteiger partial charge in [-0.05, 0) is 94.5 Å². The maximum Gasteiger partial charge on any atom is 0.269 e. The molecule has 1 N–H and O–H groups in total. The van der Waals surface area contributed by atoms with Gasteiger partial charge >= 0.3 is 0 Å². The molecule has 0 unspecified atom stereocenters. The van der Waals surface area contributed by atoms with Crippen molar-refractivity contribution >= 4 is 17.5 Å². The van der Waals surface area contributed by atoms with Crippen molar-refractivity contribution in [3.63, 3.8) is 0 Å². The van der Waals surface area contributed by atoms with Crippen LogP contribution in [0.4, 0.5) is 5.69 Å². The number of non-ortho nitro benzene ring substituents is 1. The average molecular weight is 471 g/mol. The molecule has 4 aliphatic carbocycles. The van der Waals surface area contributed by atoms with Crippen LogP contribution < -0.4 is 5.32 Å². The van der Waals surface area contributed by atoms with Gasteiger partial charge in [0, 0.05) is 29.8 Å². The summed E-state index contributed by atoms with van der Waals surface area (Å²) in [6.07, 6.45) is 7.92. The molecule has 0 spiro atoms. The molecule has 2 amide bonds. The molecule has 1 aromatic rings. The highest BCUT2D eigenvalue weighted by atomic mass is 16.6. The van der Waals surface area contributed by atoms with E-state index in [0.717, 1.165) is 63.1 Å². The summed E-state index contributed by atoms with van der Waals surface area (Å²) in [5.74, 6) is 1.87. The number of benzene rings is 1. The van der Waals surface area contributed by atoms with Crippen molar-refractivity contribution in [1.29, 1.82) is 0 Å². The van der Waals surface area contributed by atoms with Gasteiger partial charge in [-0.15, -0.1) is 0 Å². The number of nitro groups is 1. The average Bonchev–Trinajstić information content (AvgIpc) is 2.79. The van der Waals surface area contributed by atoms with E-state index in [0.29, 0.717) is 12.1 Å². The summed E-state index contributed by atoms with van der Waals surface area (Å²) < 4.78 is 0. The molecule has 1 aromatic carbocycles. The van der Waals surface area contributed by atoms with Gasteiger partial charge in [-0.25, -0.2) is 0 Å². The van der Waals surface area contributed by atoms with Crippen molar-refractivity contribution in [2.45, 2.75) is 64.3 Å². The number of carbonyl (C=O) groups excluding carboxylic acids is 2. The third kappa shape index (κ3) is 5.59. The minimum Gasteiger partial charge on any atom is -0.349 e. The number of hydrogen-bond acceptors (Lipinski definition) is 5. The number of hydrogen-bond donors (Lipinski definition) is 1. The van der Waals surface area contributed by atoms with E-state index in [2.05, 4.69) is 24.1 Å². The quantitative estimate of drug-likeness (QED) is 0.391. The molecule has 4 bridgehead atoms. The van der Waals surface area contributed by atoms with E-state index in [4.69, 9.17) is 0 Å². The van der Waals surface area contributed by atoms with Gasteiger partial charge in [0.05, 0.1) is 11.5 Å². The fourth-order valence-electron chi connectivity index (χ4n) is 6.96. The standard InChI is InChI=1S/C26H38N4O4/c1-3-28(4-2)10-5-11-29(25(32)22-6-8-23(9-7-22)30(33)34)18-24(31)27-26-15-19-12-20(16-26)14-21(13-19)17-26/h6-9,19-21H,3-5,10-18H2,1-2H3,(H,27,31). The molecule has 4 aliphatic rings. The molecule has 0 heterocycles. The first kappa shape index (κ1) is 24.6. The first-order valence-electron chi connectivity index (χ1n) is 12.9. The smallest absolute Gasteiger partial charge is 0.269 e. The second-order valence-electron chi connectivity index (χ2n) is 10.7. The lowest BCUT2D eigenvalue weighted by Gasteiger charge is -2.57. The monoisotopic (exact) mass is 470 g/mol. The zero-order chi connectivity index (χ0) is 24.3. The van der Waals surface area contributed by atoms with Crippen LogP contribution in [0, 0.1) is 27.9 Å². The summed E-state index contributed by atoms with van der Waals surface area (Å²) in [5.41, 5.74) is 0.231. The maximum atomic E-state index is 13.3. The van der Waals surface area contributed by atoms with Crippen molar-refractivity contribution < 1.29 is 14.5 Å². The van der Waals surface area contributed by atoms with Gasteiger partial charge in [0.1, 0.15) is 0 Å². The fourth-order valence-corrected chi connectivity index (χ4v) is 6.96. The Morgan fingerprint density at radius 2 is 1.56 bits per heavy atom. The van der Waals surface area contributed by atoms with Crippen LogP contribution in [0.1, 0.15) is 69.2 Å². The van der Waals surface area contributed by atoms with Crippen LogP contribution in [0.2, 0.25) is 0 Å². The SMILES string of the molecule is CCN(CC)CCCN(CC(=O)NC12CC3CC(CC(C3)C1)C2)C(=O)c1ccc([N+](=O)[O-])cc1. The second-order valence-corrected chi connectivity index (χ2v) is 10.7. The zero-order valence-corrected chi connectivity index (χ0v) is 20.5. The Kier molecular flexibility index (Phi) is 7.55. The normalized spacial score (nSPS) is 27.1. The summed E-state index contributed by atoms with van der Waals surface area (Å²) >= 11 is 0. The third-order valence-corrected chi connectivity index (χ3v) is 8.19. The van der Waals surface area contributed by atoms with Crippen LogP contribution in [0.5, 0.6) is 0 Å². The Labute approximate surface area is 202 Å². The molecule has 186 valence electrons. The highest BCUT2D eigenvalue weighted by Crippen LogP contribution is 2.55. The van der Waals surface area contributed by atoms with E-state index < -0.39 is 4.92 Å². The van der Waals surface area contributed by atoms with E-state index in [-0.39, 0.29) is 29.6 Å². The lowest BCUT2D eigenvalue weighted by molar-refractivity contribution is -0.384. The maximum absolute atomic E-state index is 13.3. The molecular formula is C26H38N4O4. The van der Waals surface area contributed by atoms with Crippen molar-refractivity contribution in [3.05, 3.63) is 39.9 Å². The number of nitro benzene ring substituents is 1. The van der Waals surface area contributed by atoms with Gasteiger partial charge < -0.3 is 15.1 Å². The van der Waals surface area contributed by atoms with Gasteiger partial charge in [0.15, 0.2) is 0 Å². The Morgan fingerprint density at radius 1 is 1.00 bits per heavy atom. The van der Waals surface area contributed by atoms with Gasteiger partial charge in [0.25, 0.3) is 11.6 Å². The lowest BCUT2D eigenvalue weighted by Crippen LogP contribution is -2.61. The van der Waals surface area contributed by atoms with E-state index in [9.17, 15) is 19.7 Å². The van der Waals surface area contributed by atoms with Crippen molar-refractivity contribution in [3.8, 4) is 0 Å². The molecule has 0 saturated heterocycles. The minimum atomic E-state index is -0.477. The van der Waals surface area contributed by atoms with Gasteiger partial charge in [-0.2, -0.15) is 0 Å². The molecule has 0 atom stereocenters. The molecule has 8 nitrogen and oxygen atoms in total. The number of nitrogens with one attached hydrogen (secondary N) is 1. The summed E-state index contributed by atoms with van der Waals surface area (Å²) in [7, 11) is 0. The molecule has 4 saturated carbocycles. The van der Waals surface area contributed by atoms with E-state index >= 15 is 0 Å². The summed E-state index contributed by atoms with van der Waals surface area (Å²) in [4.78, 5) is 40.9. The van der Waals surface area contributed by atoms with Gasteiger partial charge in [0.2, 0.25) is 5.91 Å². The van der Waals surface area contributed by atoms with Crippen LogP contribution in [-0.4, -0.2) is 64.8 Å². The molecule has 5 rings (SSSR count). The fraction of sp³-hybridized carbons (Fsp3) is 0.692. The molecule has 34 heavy (non-hydrogen) atoms. The molecule has 4 fully saturated rings. The number of carbonyl (C=O) groups is 2. The predicted octanol–water partition coefficient (Wildman–Crippen LogP) is 3.85. The summed E-state index contributed by atoms with van der Waals surface area (Å²) in [6, 6.07) is 5.65. The Balaban J connectivity index is 1.43. The van der Waals surface area contributed by atoms with Crippen LogP contribution in [0.25, 0.3) is 0 Å².